The molecule has 2 aliphatic rings. The topological polar surface area (TPSA) is 26.3 Å². The quantitative estimate of drug-likeness (QED) is 0.454. The Balaban J connectivity index is 0.00000245. The van der Waals surface area contributed by atoms with E-state index in [9.17, 15) is 4.79 Å². The van der Waals surface area contributed by atoms with Gasteiger partial charge in [0.15, 0.2) is 0 Å². The fraction of sp³-hybridized carbons (Fsp3) is 0.357. The number of carbonyl (C=O) groups excluding carboxylic acids is 1. The van der Waals surface area contributed by atoms with Crippen LogP contribution in [-0.4, -0.2) is 15.0 Å². The predicted molar refractivity (Wildman–Crippen MR) is 130 cm³/mol. The standard InChI is InChI=1S/C28H30O2Si.Li/c1-5-18(2)24-17-28(27(29)30-31(3)4,25-12-7-6-11-22(24)25)26-14-13-21-15-19-9-8-10-20(19)16-23(21)26;/h6-7,11-18H,5,8-10H2,1-4H3;/q-1;+1. The molecule has 0 bridgehead atoms. The molecule has 0 saturated carbocycles. The van der Waals surface area contributed by atoms with Gasteiger partial charge >= 0.3 is 24.8 Å². The average Bonchev–Trinajstić information content (AvgIpc) is 3.46. The van der Waals surface area contributed by atoms with Gasteiger partial charge < -0.3 is 4.43 Å². The Hall–Kier alpha value is -1.93. The molecule has 159 valence electrons. The molecule has 1 radical (unpaired) electrons. The van der Waals surface area contributed by atoms with Crippen LogP contribution in [0.2, 0.25) is 13.1 Å². The molecule has 2 aliphatic carbocycles. The maximum Gasteiger partial charge on any atom is 1.00 e. The summed E-state index contributed by atoms with van der Waals surface area (Å²) >= 11 is 0. The minimum Gasteiger partial charge on any atom is -0.518 e. The molecule has 3 aromatic rings. The molecule has 0 amide bonds. The number of aryl methyl sites for hydroxylation is 2. The molecular weight excluding hydrogens is 403 g/mol. The molecule has 0 spiro atoms. The Kier molecular flexibility index (Phi) is 6.38. The van der Waals surface area contributed by atoms with Crippen molar-refractivity contribution in [2.24, 2.45) is 5.92 Å². The zero-order valence-corrected chi connectivity index (χ0v) is 20.9. The SMILES string of the molecule is CCC(C)C1=CC(C(=O)O[Si](C)C)([c-]2ccc3cc4c(cc32)CCC4)c2ccccc21.[Li+]. The Morgan fingerprint density at radius 2 is 1.88 bits per heavy atom. The molecule has 4 heteroatoms. The van der Waals surface area contributed by atoms with Gasteiger partial charge in [0.2, 0.25) is 0 Å². The summed E-state index contributed by atoms with van der Waals surface area (Å²) < 4.78 is 6.04. The van der Waals surface area contributed by atoms with Gasteiger partial charge in [-0.2, -0.15) is 6.07 Å². The Morgan fingerprint density at radius 1 is 1.16 bits per heavy atom. The molecule has 0 aliphatic heterocycles. The Bertz CT molecular complexity index is 1210. The van der Waals surface area contributed by atoms with Crippen LogP contribution < -0.4 is 18.9 Å². The first-order valence-electron chi connectivity index (χ1n) is 11.5. The van der Waals surface area contributed by atoms with E-state index in [2.05, 4.69) is 68.5 Å². The van der Waals surface area contributed by atoms with Crippen LogP contribution in [-0.2, 0) is 27.5 Å². The van der Waals surface area contributed by atoms with Crippen molar-refractivity contribution < 1.29 is 28.1 Å². The van der Waals surface area contributed by atoms with Crippen molar-refractivity contribution in [3.63, 3.8) is 0 Å². The third kappa shape index (κ3) is 3.46. The second-order valence-electron chi connectivity index (χ2n) is 9.37. The third-order valence-electron chi connectivity index (χ3n) is 7.21. The van der Waals surface area contributed by atoms with Crippen LogP contribution in [0.4, 0.5) is 0 Å². The second kappa shape index (κ2) is 8.78. The van der Waals surface area contributed by atoms with Gasteiger partial charge in [0.1, 0.15) is 5.41 Å². The molecule has 3 aromatic carbocycles. The number of benzene rings is 2. The minimum atomic E-state index is -1.18. The van der Waals surface area contributed by atoms with Gasteiger partial charge in [-0.1, -0.05) is 55.3 Å². The summed E-state index contributed by atoms with van der Waals surface area (Å²) in [6.07, 6.45) is 6.80. The van der Waals surface area contributed by atoms with Crippen LogP contribution in [0, 0.1) is 5.92 Å². The van der Waals surface area contributed by atoms with Crippen molar-refractivity contribution in [2.45, 2.75) is 58.0 Å². The molecule has 32 heavy (non-hydrogen) atoms. The van der Waals surface area contributed by atoms with Crippen molar-refractivity contribution >= 4 is 31.4 Å². The van der Waals surface area contributed by atoms with Gasteiger partial charge in [-0.25, -0.2) is 0 Å². The molecule has 2 nitrogen and oxygen atoms in total. The summed E-state index contributed by atoms with van der Waals surface area (Å²) in [4.78, 5) is 13.9. The monoisotopic (exact) mass is 433 g/mol. The third-order valence-corrected chi connectivity index (χ3v) is 7.80. The summed E-state index contributed by atoms with van der Waals surface area (Å²) in [5, 5.41) is 2.44. The number of hydrogen-bond donors (Lipinski definition) is 0. The maximum atomic E-state index is 13.9. The molecule has 0 aromatic heterocycles. The number of rotatable bonds is 5. The van der Waals surface area contributed by atoms with Gasteiger partial charge in [-0.05, 0) is 61.4 Å². The van der Waals surface area contributed by atoms with Crippen LogP contribution in [0.15, 0.2) is 54.6 Å². The second-order valence-corrected chi connectivity index (χ2v) is 11.4. The van der Waals surface area contributed by atoms with E-state index in [1.807, 2.05) is 13.1 Å². The van der Waals surface area contributed by atoms with Crippen molar-refractivity contribution in [3.8, 4) is 0 Å². The van der Waals surface area contributed by atoms with Crippen LogP contribution >= 0.6 is 0 Å². The first kappa shape index (κ1) is 23.2. The van der Waals surface area contributed by atoms with E-state index >= 15 is 0 Å². The molecule has 0 fully saturated rings. The van der Waals surface area contributed by atoms with E-state index in [-0.39, 0.29) is 24.8 Å². The van der Waals surface area contributed by atoms with Crippen LogP contribution in [0.25, 0.3) is 16.3 Å². The van der Waals surface area contributed by atoms with E-state index in [0.29, 0.717) is 5.92 Å². The molecule has 0 saturated heterocycles. The maximum absolute atomic E-state index is 13.9. The number of hydrogen-bond acceptors (Lipinski definition) is 2. The molecule has 0 heterocycles. The number of allylic oxidation sites excluding steroid dienone is 1. The van der Waals surface area contributed by atoms with E-state index in [4.69, 9.17) is 4.43 Å². The molecular formula is C28H30LiO2Si. The van der Waals surface area contributed by atoms with E-state index in [1.165, 1.54) is 39.5 Å². The van der Waals surface area contributed by atoms with Crippen molar-refractivity contribution in [1.29, 1.82) is 0 Å². The summed E-state index contributed by atoms with van der Waals surface area (Å²) in [6.45, 7) is 8.54. The first-order valence-corrected chi connectivity index (χ1v) is 13.9. The summed E-state index contributed by atoms with van der Waals surface area (Å²) in [7, 11) is -1.18. The molecule has 2 atom stereocenters. The fourth-order valence-electron chi connectivity index (χ4n) is 5.48. The van der Waals surface area contributed by atoms with Crippen LogP contribution in [0.3, 0.4) is 0 Å². The molecule has 2 unspecified atom stereocenters. The summed E-state index contributed by atoms with van der Waals surface area (Å²) in [6, 6.07) is 17.5. The summed E-state index contributed by atoms with van der Waals surface area (Å²) in [5.74, 6) is 0.263. The van der Waals surface area contributed by atoms with E-state index in [1.54, 1.807) is 0 Å². The zero-order valence-electron chi connectivity index (χ0n) is 19.9. The Labute approximate surface area is 205 Å². The Morgan fingerprint density at radius 3 is 2.59 bits per heavy atom. The normalized spacial score (nSPS) is 20.0. The van der Waals surface area contributed by atoms with Gasteiger partial charge in [0.05, 0.1) is 0 Å². The molecule has 0 N–H and O–H groups in total. The predicted octanol–water partition coefficient (Wildman–Crippen LogP) is 3.57. The summed E-state index contributed by atoms with van der Waals surface area (Å²) in [5.41, 5.74) is 6.67. The first-order chi connectivity index (χ1) is 15.0. The number of fused-ring (bicyclic) bond motifs is 3. The largest absolute Gasteiger partial charge is 1.00 e. The van der Waals surface area contributed by atoms with Gasteiger partial charge in [-0.15, -0.1) is 34.5 Å². The van der Waals surface area contributed by atoms with Gasteiger partial charge in [0.25, 0.3) is 9.04 Å². The molecule has 5 rings (SSSR count). The van der Waals surface area contributed by atoms with Crippen molar-refractivity contribution in [1.82, 2.24) is 0 Å². The number of carbonyl (C=O) groups is 1. The van der Waals surface area contributed by atoms with Gasteiger partial charge in [-0.3, -0.25) is 4.79 Å². The minimum absolute atomic E-state index is 0. The van der Waals surface area contributed by atoms with E-state index < -0.39 is 14.5 Å². The zero-order chi connectivity index (χ0) is 21.8. The van der Waals surface area contributed by atoms with Crippen molar-refractivity contribution in [2.75, 3.05) is 0 Å². The van der Waals surface area contributed by atoms with Crippen LogP contribution in [0.1, 0.15) is 54.5 Å². The van der Waals surface area contributed by atoms with Crippen LogP contribution in [0.5, 0.6) is 0 Å². The van der Waals surface area contributed by atoms with E-state index in [0.717, 1.165) is 30.4 Å². The van der Waals surface area contributed by atoms with Crippen molar-refractivity contribution in [3.05, 3.63) is 82.4 Å². The van der Waals surface area contributed by atoms with Gasteiger partial charge in [0, 0.05) is 0 Å². The smallest absolute Gasteiger partial charge is 0.518 e. The fourth-order valence-corrected chi connectivity index (χ4v) is 6.02. The average molecular weight is 434 g/mol.